The van der Waals surface area contributed by atoms with E-state index >= 15 is 0 Å². The van der Waals surface area contributed by atoms with E-state index in [0.29, 0.717) is 0 Å². The van der Waals surface area contributed by atoms with Gasteiger partial charge in [-0.2, -0.15) is 0 Å². The SMILES string of the molecule is CC(C)N(CCO)C(=O)NC1C2CCC(C2)C1C(=O)O. The minimum absolute atomic E-state index is 0.0241. The molecule has 2 amide bonds. The first-order valence-corrected chi connectivity index (χ1v) is 7.36. The maximum atomic E-state index is 12.3. The van der Waals surface area contributed by atoms with Crippen molar-refractivity contribution in [2.75, 3.05) is 13.2 Å². The molecule has 0 aromatic rings. The fourth-order valence-electron chi connectivity index (χ4n) is 3.78. The van der Waals surface area contributed by atoms with Gasteiger partial charge in [0, 0.05) is 18.6 Å². The van der Waals surface area contributed by atoms with Crippen LogP contribution in [0.4, 0.5) is 4.79 Å². The molecule has 20 heavy (non-hydrogen) atoms. The van der Waals surface area contributed by atoms with E-state index in [9.17, 15) is 14.7 Å². The smallest absolute Gasteiger partial charge is 0.317 e. The molecule has 2 rings (SSSR count). The summed E-state index contributed by atoms with van der Waals surface area (Å²) in [5.41, 5.74) is 0. The number of hydrogen-bond acceptors (Lipinski definition) is 3. The monoisotopic (exact) mass is 284 g/mol. The fraction of sp³-hybridized carbons (Fsp3) is 0.857. The molecule has 0 radical (unpaired) electrons. The number of amides is 2. The number of fused-ring (bicyclic) bond motifs is 2. The van der Waals surface area contributed by atoms with Crippen molar-refractivity contribution in [3.05, 3.63) is 0 Å². The van der Waals surface area contributed by atoms with Crippen LogP contribution in [0.2, 0.25) is 0 Å². The molecule has 2 fully saturated rings. The lowest BCUT2D eigenvalue weighted by Crippen LogP contribution is -2.53. The van der Waals surface area contributed by atoms with E-state index in [1.165, 1.54) is 0 Å². The summed E-state index contributed by atoms with van der Waals surface area (Å²) in [7, 11) is 0. The van der Waals surface area contributed by atoms with Gasteiger partial charge < -0.3 is 20.4 Å². The zero-order valence-corrected chi connectivity index (χ0v) is 12.1. The number of rotatable bonds is 5. The minimum atomic E-state index is -0.805. The largest absolute Gasteiger partial charge is 0.481 e. The predicted molar refractivity (Wildman–Crippen MR) is 73.2 cm³/mol. The van der Waals surface area contributed by atoms with Crippen molar-refractivity contribution in [3.8, 4) is 0 Å². The number of carboxylic acids is 1. The van der Waals surface area contributed by atoms with Gasteiger partial charge in [-0.05, 0) is 44.9 Å². The third-order valence-corrected chi connectivity index (χ3v) is 4.72. The minimum Gasteiger partial charge on any atom is -0.481 e. The predicted octanol–water partition coefficient (Wildman–Crippen LogP) is 0.898. The molecule has 2 aliphatic rings. The topological polar surface area (TPSA) is 89.9 Å². The Labute approximate surface area is 119 Å². The van der Waals surface area contributed by atoms with Gasteiger partial charge in [0.1, 0.15) is 0 Å². The van der Waals surface area contributed by atoms with Gasteiger partial charge in [0.05, 0.1) is 12.5 Å². The number of urea groups is 1. The van der Waals surface area contributed by atoms with Crippen LogP contribution in [0.3, 0.4) is 0 Å². The first kappa shape index (κ1) is 15.1. The van der Waals surface area contributed by atoms with Crippen molar-refractivity contribution < 1.29 is 19.8 Å². The van der Waals surface area contributed by atoms with Gasteiger partial charge in [-0.3, -0.25) is 4.79 Å². The van der Waals surface area contributed by atoms with E-state index < -0.39 is 11.9 Å². The Bertz CT molecular complexity index is 385. The van der Waals surface area contributed by atoms with Crippen LogP contribution in [-0.2, 0) is 4.79 Å². The number of aliphatic hydroxyl groups excluding tert-OH is 1. The number of aliphatic carboxylic acids is 1. The summed E-state index contributed by atoms with van der Waals surface area (Å²) in [6.45, 7) is 3.93. The molecule has 2 bridgehead atoms. The normalized spacial score (nSPS) is 31.6. The number of carboxylic acid groups (broad SMARTS) is 1. The summed E-state index contributed by atoms with van der Waals surface area (Å²) in [5, 5.41) is 21.3. The molecule has 0 heterocycles. The summed E-state index contributed by atoms with van der Waals surface area (Å²) in [6, 6.07) is -0.555. The van der Waals surface area contributed by atoms with E-state index in [2.05, 4.69) is 5.32 Å². The van der Waals surface area contributed by atoms with Crippen LogP contribution < -0.4 is 5.32 Å². The molecule has 2 saturated carbocycles. The van der Waals surface area contributed by atoms with E-state index in [4.69, 9.17) is 5.11 Å². The van der Waals surface area contributed by atoms with Crippen LogP contribution in [0, 0.1) is 17.8 Å². The molecule has 114 valence electrons. The second-order valence-corrected chi connectivity index (χ2v) is 6.18. The molecule has 6 nitrogen and oxygen atoms in total. The quantitative estimate of drug-likeness (QED) is 0.699. The van der Waals surface area contributed by atoms with Gasteiger partial charge >= 0.3 is 12.0 Å². The Hall–Kier alpha value is -1.30. The van der Waals surface area contributed by atoms with Gasteiger partial charge in [-0.15, -0.1) is 0 Å². The summed E-state index contributed by atoms with van der Waals surface area (Å²) in [5.74, 6) is -0.775. The summed E-state index contributed by atoms with van der Waals surface area (Å²) in [6.07, 6.45) is 2.86. The number of nitrogens with zero attached hydrogens (tertiary/aromatic N) is 1. The third-order valence-electron chi connectivity index (χ3n) is 4.72. The molecule has 2 aliphatic carbocycles. The lowest BCUT2D eigenvalue weighted by Gasteiger charge is -2.33. The van der Waals surface area contributed by atoms with Crippen molar-refractivity contribution in [3.63, 3.8) is 0 Å². The number of carbonyl (C=O) groups excluding carboxylic acids is 1. The molecule has 6 heteroatoms. The lowest BCUT2D eigenvalue weighted by atomic mass is 9.84. The molecule has 0 aromatic carbocycles. The van der Waals surface area contributed by atoms with Crippen LogP contribution in [-0.4, -0.2) is 52.3 Å². The maximum Gasteiger partial charge on any atom is 0.317 e. The molecule has 0 spiro atoms. The molecule has 0 saturated heterocycles. The first-order valence-electron chi connectivity index (χ1n) is 7.36. The molecule has 3 N–H and O–H groups in total. The number of hydrogen-bond donors (Lipinski definition) is 3. The van der Waals surface area contributed by atoms with Crippen LogP contribution in [0.1, 0.15) is 33.1 Å². The Morgan fingerprint density at radius 3 is 2.50 bits per heavy atom. The maximum absolute atomic E-state index is 12.3. The van der Waals surface area contributed by atoms with Gasteiger partial charge in [-0.25, -0.2) is 4.79 Å². The molecule has 0 aromatic heterocycles. The zero-order valence-electron chi connectivity index (χ0n) is 12.1. The molecular formula is C14H24N2O4. The second-order valence-electron chi connectivity index (χ2n) is 6.18. The van der Waals surface area contributed by atoms with Gasteiger partial charge in [0.15, 0.2) is 0 Å². The molecule has 0 aliphatic heterocycles. The third kappa shape index (κ3) is 2.75. The molecular weight excluding hydrogens is 260 g/mol. The van der Waals surface area contributed by atoms with Crippen molar-refractivity contribution in [1.82, 2.24) is 10.2 Å². The average Bonchev–Trinajstić information content (AvgIpc) is 2.95. The first-order chi connectivity index (χ1) is 9.45. The van der Waals surface area contributed by atoms with E-state index in [1.54, 1.807) is 4.90 Å². The Morgan fingerprint density at radius 1 is 1.30 bits per heavy atom. The number of carbonyl (C=O) groups is 2. The summed E-state index contributed by atoms with van der Waals surface area (Å²) >= 11 is 0. The number of aliphatic hydroxyl groups is 1. The van der Waals surface area contributed by atoms with E-state index in [1.807, 2.05) is 13.8 Å². The van der Waals surface area contributed by atoms with Crippen LogP contribution in [0.5, 0.6) is 0 Å². The van der Waals surface area contributed by atoms with Crippen molar-refractivity contribution >= 4 is 12.0 Å². The van der Waals surface area contributed by atoms with E-state index in [0.717, 1.165) is 19.3 Å². The fourth-order valence-corrected chi connectivity index (χ4v) is 3.78. The van der Waals surface area contributed by atoms with Gasteiger partial charge in [-0.1, -0.05) is 0 Å². The highest BCUT2D eigenvalue weighted by atomic mass is 16.4. The summed E-state index contributed by atoms with van der Waals surface area (Å²) in [4.78, 5) is 25.2. The Kier molecular flexibility index (Phi) is 4.52. The van der Waals surface area contributed by atoms with Gasteiger partial charge in [0.2, 0.25) is 0 Å². The van der Waals surface area contributed by atoms with Crippen molar-refractivity contribution in [1.29, 1.82) is 0 Å². The highest BCUT2D eigenvalue weighted by Crippen LogP contribution is 2.48. The zero-order chi connectivity index (χ0) is 14.9. The average molecular weight is 284 g/mol. The Morgan fingerprint density at radius 2 is 1.95 bits per heavy atom. The van der Waals surface area contributed by atoms with Crippen molar-refractivity contribution in [2.24, 2.45) is 17.8 Å². The second kappa shape index (κ2) is 5.99. The summed E-state index contributed by atoms with van der Waals surface area (Å²) < 4.78 is 0. The van der Waals surface area contributed by atoms with Crippen LogP contribution in [0.25, 0.3) is 0 Å². The highest BCUT2D eigenvalue weighted by Gasteiger charge is 2.51. The number of nitrogens with one attached hydrogen (secondary N) is 1. The van der Waals surface area contributed by atoms with Gasteiger partial charge in [0.25, 0.3) is 0 Å². The Balaban J connectivity index is 2.04. The van der Waals surface area contributed by atoms with Crippen LogP contribution >= 0.6 is 0 Å². The van der Waals surface area contributed by atoms with E-state index in [-0.39, 0.29) is 43.1 Å². The highest BCUT2D eigenvalue weighted by molar-refractivity contribution is 5.78. The van der Waals surface area contributed by atoms with Crippen molar-refractivity contribution in [2.45, 2.75) is 45.2 Å². The lowest BCUT2D eigenvalue weighted by molar-refractivity contribution is -0.144. The van der Waals surface area contributed by atoms with Crippen LogP contribution in [0.15, 0.2) is 0 Å². The standard InChI is InChI=1S/C14H24N2O4/c1-8(2)16(5-6-17)14(20)15-12-10-4-3-9(7-10)11(12)13(18)19/h8-12,17H,3-7H2,1-2H3,(H,15,20)(H,18,19). The molecule has 4 atom stereocenters. The molecule has 4 unspecified atom stereocenters.